The summed E-state index contributed by atoms with van der Waals surface area (Å²) in [5.41, 5.74) is 2.23. The van der Waals surface area contributed by atoms with Crippen molar-refractivity contribution in [3.05, 3.63) is 77.3 Å². The lowest BCUT2D eigenvalue weighted by atomic mass is 9.94. The second-order valence-electron chi connectivity index (χ2n) is 7.87. The van der Waals surface area contributed by atoms with E-state index in [-0.39, 0.29) is 23.7 Å². The van der Waals surface area contributed by atoms with E-state index in [1.165, 1.54) is 24.3 Å². The predicted molar refractivity (Wildman–Crippen MR) is 112 cm³/mol. The Morgan fingerprint density at radius 3 is 2.52 bits per heavy atom. The van der Waals surface area contributed by atoms with E-state index in [0.29, 0.717) is 28.9 Å². The van der Waals surface area contributed by atoms with E-state index in [0.717, 1.165) is 0 Å². The molecule has 3 aromatic rings. The van der Waals surface area contributed by atoms with Crippen molar-refractivity contribution in [1.29, 1.82) is 0 Å². The molecule has 0 fully saturated rings. The van der Waals surface area contributed by atoms with Gasteiger partial charge in [0.15, 0.2) is 0 Å². The largest absolute Gasteiger partial charge is 0.334 e. The Hall–Kier alpha value is -3.55. The molecule has 4 rings (SSSR count). The van der Waals surface area contributed by atoms with Crippen LogP contribution in [0.1, 0.15) is 38.3 Å². The normalized spacial score (nSPS) is 16.8. The molecule has 1 N–H and O–H groups in total. The molecule has 0 saturated heterocycles. The summed E-state index contributed by atoms with van der Waals surface area (Å²) in [5, 5.41) is 6.92. The minimum Gasteiger partial charge on any atom is -0.334 e. The zero-order valence-electron chi connectivity index (χ0n) is 17.4. The minimum absolute atomic E-state index is 0.180. The topological polar surface area (TPSA) is 71.3 Å². The fourth-order valence-electron chi connectivity index (χ4n) is 3.66. The van der Waals surface area contributed by atoms with Crippen molar-refractivity contribution in [1.82, 2.24) is 20.4 Å². The standard InChI is InChI=1S/C23H22F2N4O2/c1-13(2)12-29-14(3)19(20(26-23(29)30)15-6-4-8-17(24)10-15)22-27-21(28-31-22)16-7-5-9-18(25)11-16/h4-11,13,20H,12H2,1-3H3,(H,26,30). The average Bonchev–Trinajstić information content (AvgIpc) is 3.20. The van der Waals surface area contributed by atoms with Gasteiger partial charge in [-0.25, -0.2) is 13.6 Å². The van der Waals surface area contributed by atoms with Crippen LogP contribution in [-0.4, -0.2) is 27.6 Å². The zero-order chi connectivity index (χ0) is 22.1. The molecule has 1 unspecified atom stereocenters. The van der Waals surface area contributed by atoms with Crippen LogP contribution in [0.25, 0.3) is 17.0 Å². The quantitative estimate of drug-likeness (QED) is 0.614. The molecule has 8 heteroatoms. The molecule has 0 aliphatic carbocycles. The van der Waals surface area contributed by atoms with Gasteiger partial charge >= 0.3 is 6.03 Å². The van der Waals surface area contributed by atoms with Gasteiger partial charge in [-0.3, -0.25) is 4.90 Å². The molecule has 1 atom stereocenters. The third kappa shape index (κ3) is 4.19. The third-order valence-corrected chi connectivity index (χ3v) is 5.07. The van der Waals surface area contributed by atoms with Crippen LogP contribution in [-0.2, 0) is 0 Å². The Bertz CT molecular complexity index is 1160. The summed E-state index contributed by atoms with van der Waals surface area (Å²) in [6.45, 7) is 6.30. The summed E-state index contributed by atoms with van der Waals surface area (Å²) in [5.74, 6) is -0.206. The number of nitrogens with zero attached hydrogens (tertiary/aromatic N) is 3. The molecule has 1 aromatic heterocycles. The van der Waals surface area contributed by atoms with Crippen LogP contribution in [0.3, 0.4) is 0 Å². The van der Waals surface area contributed by atoms with Crippen LogP contribution in [0.2, 0.25) is 0 Å². The second-order valence-corrected chi connectivity index (χ2v) is 7.87. The Morgan fingerprint density at radius 1 is 1.13 bits per heavy atom. The second kappa shape index (κ2) is 8.29. The SMILES string of the molecule is CC1=C(c2nc(-c3cccc(F)c3)no2)C(c2cccc(F)c2)NC(=O)N1CC(C)C. The number of benzene rings is 2. The summed E-state index contributed by atoms with van der Waals surface area (Å²) < 4.78 is 33.1. The lowest BCUT2D eigenvalue weighted by Gasteiger charge is -2.36. The van der Waals surface area contributed by atoms with Crippen molar-refractivity contribution < 1.29 is 18.1 Å². The van der Waals surface area contributed by atoms with Crippen molar-refractivity contribution in [3.8, 4) is 11.4 Å². The maximum atomic E-state index is 13.9. The number of nitrogens with one attached hydrogen (secondary N) is 1. The number of carbonyl (C=O) groups is 1. The van der Waals surface area contributed by atoms with Gasteiger partial charge in [0.2, 0.25) is 5.82 Å². The maximum Gasteiger partial charge on any atom is 0.322 e. The van der Waals surface area contributed by atoms with Crippen LogP contribution in [0.15, 0.2) is 58.8 Å². The van der Waals surface area contributed by atoms with Crippen molar-refractivity contribution >= 4 is 11.6 Å². The Labute approximate surface area is 178 Å². The third-order valence-electron chi connectivity index (χ3n) is 5.07. The number of carbonyl (C=O) groups excluding carboxylic acids is 1. The lowest BCUT2D eigenvalue weighted by Crippen LogP contribution is -2.47. The predicted octanol–water partition coefficient (Wildman–Crippen LogP) is 5.17. The monoisotopic (exact) mass is 424 g/mol. The number of aromatic nitrogens is 2. The number of hydrogen-bond donors (Lipinski definition) is 1. The summed E-state index contributed by atoms with van der Waals surface area (Å²) in [6.07, 6.45) is 0. The first-order valence-corrected chi connectivity index (χ1v) is 9.97. The molecule has 0 radical (unpaired) electrons. The molecule has 0 spiro atoms. The zero-order valence-corrected chi connectivity index (χ0v) is 17.4. The molecule has 6 nitrogen and oxygen atoms in total. The smallest absolute Gasteiger partial charge is 0.322 e. The fourth-order valence-corrected chi connectivity index (χ4v) is 3.66. The van der Waals surface area contributed by atoms with E-state index in [1.807, 2.05) is 13.8 Å². The van der Waals surface area contributed by atoms with Crippen LogP contribution < -0.4 is 5.32 Å². The van der Waals surface area contributed by atoms with Crippen molar-refractivity contribution in [2.45, 2.75) is 26.8 Å². The molecule has 2 heterocycles. The van der Waals surface area contributed by atoms with Gasteiger partial charge in [0.1, 0.15) is 11.6 Å². The number of allylic oxidation sites excluding steroid dienone is 1. The minimum atomic E-state index is -0.674. The summed E-state index contributed by atoms with van der Waals surface area (Å²) in [6, 6.07) is 10.9. The van der Waals surface area contributed by atoms with Gasteiger partial charge < -0.3 is 9.84 Å². The highest BCUT2D eigenvalue weighted by Gasteiger charge is 2.36. The first-order chi connectivity index (χ1) is 14.8. The number of hydrogen-bond acceptors (Lipinski definition) is 4. The number of halogens is 2. The Morgan fingerprint density at radius 2 is 1.84 bits per heavy atom. The molecular formula is C23H22F2N4O2. The number of amides is 2. The fraction of sp³-hybridized carbons (Fsp3) is 0.261. The van der Waals surface area contributed by atoms with Crippen LogP contribution in [0.5, 0.6) is 0 Å². The van der Waals surface area contributed by atoms with Crippen LogP contribution in [0, 0.1) is 17.6 Å². The highest BCUT2D eigenvalue weighted by Crippen LogP contribution is 2.37. The van der Waals surface area contributed by atoms with Gasteiger partial charge in [-0.2, -0.15) is 4.98 Å². The Balaban J connectivity index is 1.83. The Kier molecular flexibility index (Phi) is 5.54. The summed E-state index contributed by atoms with van der Waals surface area (Å²) >= 11 is 0. The molecule has 160 valence electrons. The van der Waals surface area contributed by atoms with Gasteiger partial charge in [0, 0.05) is 17.8 Å². The van der Waals surface area contributed by atoms with Crippen LogP contribution in [0.4, 0.5) is 13.6 Å². The molecule has 0 bridgehead atoms. The maximum absolute atomic E-state index is 13.9. The van der Waals surface area contributed by atoms with E-state index in [2.05, 4.69) is 15.5 Å². The van der Waals surface area contributed by atoms with Crippen molar-refractivity contribution in [2.24, 2.45) is 5.92 Å². The summed E-state index contributed by atoms with van der Waals surface area (Å²) in [7, 11) is 0. The van der Waals surface area contributed by atoms with Gasteiger partial charge in [0.05, 0.1) is 11.6 Å². The first kappa shape index (κ1) is 20.7. The highest BCUT2D eigenvalue weighted by atomic mass is 19.1. The van der Waals surface area contributed by atoms with Gasteiger partial charge in [-0.1, -0.05) is 43.3 Å². The lowest BCUT2D eigenvalue weighted by molar-refractivity contribution is 0.199. The van der Waals surface area contributed by atoms with Crippen molar-refractivity contribution in [2.75, 3.05) is 6.54 Å². The number of urea groups is 1. The average molecular weight is 424 g/mol. The van der Waals surface area contributed by atoms with E-state index in [4.69, 9.17) is 4.52 Å². The molecule has 1 aliphatic rings. The van der Waals surface area contributed by atoms with Gasteiger partial charge in [0.25, 0.3) is 5.89 Å². The van der Waals surface area contributed by atoms with E-state index >= 15 is 0 Å². The molecular weight excluding hydrogens is 402 g/mol. The molecule has 1 aliphatic heterocycles. The summed E-state index contributed by atoms with van der Waals surface area (Å²) in [4.78, 5) is 18.9. The van der Waals surface area contributed by atoms with Gasteiger partial charge in [-0.15, -0.1) is 0 Å². The van der Waals surface area contributed by atoms with Crippen LogP contribution >= 0.6 is 0 Å². The molecule has 31 heavy (non-hydrogen) atoms. The van der Waals surface area contributed by atoms with E-state index < -0.39 is 17.7 Å². The molecule has 2 aromatic carbocycles. The number of rotatable bonds is 5. The van der Waals surface area contributed by atoms with E-state index in [9.17, 15) is 13.6 Å². The van der Waals surface area contributed by atoms with Crippen molar-refractivity contribution in [3.63, 3.8) is 0 Å². The molecule has 2 amide bonds. The highest BCUT2D eigenvalue weighted by molar-refractivity contribution is 5.86. The van der Waals surface area contributed by atoms with E-state index in [1.54, 1.807) is 36.1 Å². The molecule has 0 saturated carbocycles. The van der Waals surface area contributed by atoms with Gasteiger partial charge in [-0.05, 0) is 42.7 Å². The first-order valence-electron chi connectivity index (χ1n) is 9.97.